The van der Waals surface area contributed by atoms with E-state index in [1.807, 2.05) is 0 Å². The van der Waals surface area contributed by atoms with Gasteiger partial charge in [0.1, 0.15) is 5.01 Å². The van der Waals surface area contributed by atoms with Gasteiger partial charge in [-0.25, -0.2) is 0 Å². The highest BCUT2D eigenvalue weighted by atomic mass is 32.1. The number of hydrogen-bond acceptors (Lipinski definition) is 4. The lowest BCUT2D eigenvalue weighted by Crippen LogP contribution is -1.88. The molecular weight excluding hydrogens is 148 g/mol. The third-order valence-corrected chi connectivity index (χ3v) is 2.40. The standard InChI is InChI=1S/C6H10N2OS/c1-3-4(2)5-7-6(9)8-10-5/h4H,3H2,1-2H3,(H,8,9). The predicted octanol–water partition coefficient (Wildman–Crippen LogP) is 1.76. The zero-order valence-electron chi connectivity index (χ0n) is 6.03. The van der Waals surface area contributed by atoms with Gasteiger partial charge in [-0.1, -0.05) is 13.8 Å². The van der Waals surface area contributed by atoms with Gasteiger partial charge in [-0.2, -0.15) is 4.98 Å². The monoisotopic (exact) mass is 158 g/mol. The molecule has 1 atom stereocenters. The summed E-state index contributed by atoms with van der Waals surface area (Å²) in [5, 5.41) is 9.70. The Morgan fingerprint density at radius 3 is 2.80 bits per heavy atom. The average Bonchev–Trinajstić information content (AvgIpc) is 2.34. The maximum Gasteiger partial charge on any atom is 0.325 e. The van der Waals surface area contributed by atoms with E-state index >= 15 is 0 Å². The number of aromatic nitrogens is 2. The van der Waals surface area contributed by atoms with Crippen molar-refractivity contribution >= 4 is 11.5 Å². The smallest absolute Gasteiger partial charge is 0.325 e. The summed E-state index contributed by atoms with van der Waals surface area (Å²) < 4.78 is 3.67. The van der Waals surface area contributed by atoms with Gasteiger partial charge in [-0.15, -0.1) is 4.37 Å². The fraction of sp³-hybridized carbons (Fsp3) is 0.667. The van der Waals surface area contributed by atoms with Crippen molar-refractivity contribution < 1.29 is 5.11 Å². The van der Waals surface area contributed by atoms with Crippen LogP contribution in [0, 0.1) is 0 Å². The molecule has 1 unspecified atom stereocenters. The lowest BCUT2D eigenvalue weighted by molar-refractivity contribution is 0.436. The Kier molecular flexibility index (Phi) is 2.21. The highest BCUT2D eigenvalue weighted by Gasteiger charge is 2.08. The van der Waals surface area contributed by atoms with Crippen LogP contribution in [0.4, 0.5) is 0 Å². The minimum Gasteiger partial charge on any atom is -0.478 e. The fourth-order valence-corrected chi connectivity index (χ4v) is 1.29. The van der Waals surface area contributed by atoms with Crippen LogP contribution in [-0.4, -0.2) is 14.5 Å². The molecule has 0 saturated heterocycles. The quantitative estimate of drug-likeness (QED) is 0.713. The Labute approximate surface area is 63.9 Å². The Morgan fingerprint density at radius 1 is 1.70 bits per heavy atom. The zero-order chi connectivity index (χ0) is 7.56. The van der Waals surface area contributed by atoms with Crippen LogP contribution in [-0.2, 0) is 0 Å². The summed E-state index contributed by atoms with van der Waals surface area (Å²) in [5.74, 6) is 0.415. The second kappa shape index (κ2) is 2.96. The molecule has 0 aliphatic rings. The van der Waals surface area contributed by atoms with Crippen LogP contribution in [0.25, 0.3) is 0 Å². The molecule has 1 aromatic heterocycles. The maximum atomic E-state index is 8.79. The largest absolute Gasteiger partial charge is 0.478 e. The molecule has 0 amide bonds. The highest BCUT2D eigenvalue weighted by molar-refractivity contribution is 7.05. The highest BCUT2D eigenvalue weighted by Crippen LogP contribution is 2.21. The summed E-state index contributed by atoms with van der Waals surface area (Å²) >= 11 is 1.27. The van der Waals surface area contributed by atoms with Gasteiger partial charge in [0, 0.05) is 5.92 Å². The number of aromatic hydroxyl groups is 1. The summed E-state index contributed by atoms with van der Waals surface area (Å²) in [5.41, 5.74) is 0. The van der Waals surface area contributed by atoms with Crippen LogP contribution < -0.4 is 0 Å². The summed E-state index contributed by atoms with van der Waals surface area (Å²) in [6.07, 6.45) is 1.04. The van der Waals surface area contributed by atoms with E-state index in [9.17, 15) is 0 Å². The van der Waals surface area contributed by atoms with Crippen LogP contribution in [0.1, 0.15) is 31.2 Å². The molecule has 1 rings (SSSR count). The predicted molar refractivity (Wildman–Crippen MR) is 40.3 cm³/mol. The van der Waals surface area contributed by atoms with E-state index in [2.05, 4.69) is 23.2 Å². The van der Waals surface area contributed by atoms with Crippen molar-refractivity contribution in [3.05, 3.63) is 5.01 Å². The summed E-state index contributed by atoms with van der Waals surface area (Å²) in [6.45, 7) is 4.16. The van der Waals surface area contributed by atoms with Gasteiger partial charge in [0.15, 0.2) is 0 Å². The van der Waals surface area contributed by atoms with E-state index in [1.165, 1.54) is 11.5 Å². The van der Waals surface area contributed by atoms with Crippen LogP contribution in [0.3, 0.4) is 0 Å². The van der Waals surface area contributed by atoms with Crippen molar-refractivity contribution in [2.45, 2.75) is 26.2 Å². The Hall–Kier alpha value is -0.640. The third-order valence-electron chi connectivity index (χ3n) is 1.46. The first-order chi connectivity index (χ1) is 4.74. The molecule has 0 fully saturated rings. The van der Waals surface area contributed by atoms with Crippen molar-refractivity contribution in [2.24, 2.45) is 0 Å². The van der Waals surface area contributed by atoms with E-state index in [0.717, 1.165) is 11.4 Å². The number of rotatable bonds is 2. The van der Waals surface area contributed by atoms with Gasteiger partial charge in [0.05, 0.1) is 0 Å². The van der Waals surface area contributed by atoms with E-state index in [4.69, 9.17) is 5.11 Å². The third kappa shape index (κ3) is 1.44. The van der Waals surface area contributed by atoms with Gasteiger partial charge in [0.25, 0.3) is 0 Å². The number of nitrogens with zero attached hydrogens (tertiary/aromatic N) is 2. The van der Waals surface area contributed by atoms with Gasteiger partial charge in [-0.05, 0) is 18.0 Å². The number of hydrogen-bond donors (Lipinski definition) is 1. The second-order valence-corrected chi connectivity index (χ2v) is 3.03. The molecule has 0 radical (unpaired) electrons. The maximum absolute atomic E-state index is 8.79. The van der Waals surface area contributed by atoms with Crippen molar-refractivity contribution in [3.63, 3.8) is 0 Å². The molecule has 56 valence electrons. The van der Waals surface area contributed by atoms with Crippen LogP contribution in [0.2, 0.25) is 0 Å². The summed E-state index contributed by atoms with van der Waals surface area (Å²) in [4.78, 5) is 3.84. The Bertz CT molecular complexity index is 211. The molecule has 0 aliphatic carbocycles. The molecule has 0 aliphatic heterocycles. The van der Waals surface area contributed by atoms with Gasteiger partial charge in [-0.3, -0.25) is 0 Å². The average molecular weight is 158 g/mol. The second-order valence-electron chi connectivity index (χ2n) is 2.24. The summed E-state index contributed by atoms with van der Waals surface area (Å²) in [6, 6.07) is -0.0969. The minimum atomic E-state index is -0.0969. The molecule has 0 aromatic carbocycles. The molecule has 10 heavy (non-hydrogen) atoms. The first kappa shape index (κ1) is 7.47. The van der Waals surface area contributed by atoms with Crippen molar-refractivity contribution in [1.82, 2.24) is 9.36 Å². The molecule has 4 heteroatoms. The molecule has 3 nitrogen and oxygen atoms in total. The van der Waals surface area contributed by atoms with Gasteiger partial charge < -0.3 is 5.11 Å². The molecule has 1 heterocycles. The Balaban J connectivity index is 2.74. The van der Waals surface area contributed by atoms with Crippen molar-refractivity contribution in [1.29, 1.82) is 0 Å². The molecule has 1 N–H and O–H groups in total. The van der Waals surface area contributed by atoms with Crippen molar-refractivity contribution in [2.75, 3.05) is 0 Å². The lowest BCUT2D eigenvalue weighted by atomic mass is 10.1. The van der Waals surface area contributed by atoms with Crippen molar-refractivity contribution in [3.8, 4) is 6.01 Å². The SMILES string of the molecule is CCC(C)c1nc(O)ns1. The van der Waals surface area contributed by atoms with E-state index in [0.29, 0.717) is 5.92 Å². The van der Waals surface area contributed by atoms with Gasteiger partial charge >= 0.3 is 6.01 Å². The lowest BCUT2D eigenvalue weighted by Gasteiger charge is -1.99. The van der Waals surface area contributed by atoms with Crippen LogP contribution in [0.15, 0.2) is 0 Å². The fourth-order valence-electron chi connectivity index (χ4n) is 0.602. The molecule has 0 saturated carbocycles. The van der Waals surface area contributed by atoms with Crippen LogP contribution in [0.5, 0.6) is 6.01 Å². The van der Waals surface area contributed by atoms with Gasteiger partial charge in [0.2, 0.25) is 0 Å². The Morgan fingerprint density at radius 2 is 2.40 bits per heavy atom. The molecule has 0 spiro atoms. The first-order valence-electron chi connectivity index (χ1n) is 3.26. The van der Waals surface area contributed by atoms with E-state index in [-0.39, 0.29) is 6.01 Å². The zero-order valence-corrected chi connectivity index (χ0v) is 6.85. The first-order valence-corrected chi connectivity index (χ1v) is 4.04. The van der Waals surface area contributed by atoms with Crippen LogP contribution >= 0.6 is 11.5 Å². The molecule has 0 bridgehead atoms. The molecular formula is C6H10N2OS. The minimum absolute atomic E-state index is 0.0969. The normalized spacial score (nSPS) is 13.4. The molecule has 1 aromatic rings. The summed E-state index contributed by atoms with van der Waals surface area (Å²) in [7, 11) is 0. The topological polar surface area (TPSA) is 46.0 Å². The van der Waals surface area contributed by atoms with E-state index < -0.39 is 0 Å². The van der Waals surface area contributed by atoms with E-state index in [1.54, 1.807) is 0 Å².